The molecule has 2 aromatic carbocycles. The number of halogens is 1. The number of benzene rings is 2. The Bertz CT molecular complexity index is 1060. The first-order valence-corrected chi connectivity index (χ1v) is 10.6. The molecule has 0 saturated heterocycles. The summed E-state index contributed by atoms with van der Waals surface area (Å²) in [4.78, 5) is 14.4. The number of anilines is 2. The zero-order valence-electron chi connectivity index (χ0n) is 18.6. The second-order valence-electron chi connectivity index (χ2n) is 7.24. The monoisotopic (exact) mass is 492 g/mol. The molecule has 182 valence electrons. The van der Waals surface area contributed by atoms with Crippen LogP contribution in [0.2, 0.25) is 0 Å². The number of hydrogen-bond acceptors (Lipinski definition) is 8. The third-order valence-electron chi connectivity index (χ3n) is 4.86. The quantitative estimate of drug-likeness (QED) is 0.236. The number of ether oxygens (including phenoxy) is 3. The van der Waals surface area contributed by atoms with Gasteiger partial charge in [-0.05, 0) is 56.4 Å². The number of aliphatic hydroxyl groups excluding tert-OH is 2. The van der Waals surface area contributed by atoms with E-state index in [1.807, 2.05) is 18.2 Å². The third kappa shape index (κ3) is 6.11. The average molecular weight is 493 g/mol. The standard InChI is InChI=1S/C22H25FN4O6S/c1-12(20(29)32-13(2)33-22(30)31-3)27-17-10-9-14(23)11-16(17)18(19(27)28)25-26-21(34)24-15-7-5-4-6-8-15/h4-13,20,22,29-30H,1-3H3,(H2,24,26,34)/b25-18-. The smallest absolute Gasteiger partial charge is 0.279 e. The van der Waals surface area contributed by atoms with Crippen molar-refractivity contribution in [2.24, 2.45) is 5.10 Å². The van der Waals surface area contributed by atoms with E-state index in [1.54, 1.807) is 12.1 Å². The number of thiocarbonyl (C=S) groups is 1. The lowest BCUT2D eigenvalue weighted by Gasteiger charge is -2.30. The average Bonchev–Trinajstić information content (AvgIpc) is 3.07. The van der Waals surface area contributed by atoms with Crippen LogP contribution < -0.4 is 15.6 Å². The molecule has 4 N–H and O–H groups in total. The second-order valence-corrected chi connectivity index (χ2v) is 7.65. The van der Waals surface area contributed by atoms with E-state index in [1.165, 1.54) is 44.1 Å². The van der Waals surface area contributed by atoms with Crippen LogP contribution in [-0.4, -0.2) is 59.2 Å². The molecule has 0 bridgehead atoms. The van der Waals surface area contributed by atoms with Crippen LogP contribution in [0.25, 0.3) is 0 Å². The highest BCUT2D eigenvalue weighted by atomic mass is 32.1. The summed E-state index contributed by atoms with van der Waals surface area (Å²) in [5.74, 6) is -1.16. The zero-order chi connectivity index (χ0) is 24.8. The fraction of sp³-hybridized carbons (Fsp3) is 0.318. The molecular formula is C22H25FN4O6S. The van der Waals surface area contributed by atoms with Crippen molar-refractivity contribution in [3.8, 4) is 0 Å². The molecule has 1 aliphatic heterocycles. The van der Waals surface area contributed by atoms with Gasteiger partial charge in [0.15, 0.2) is 23.4 Å². The molecule has 34 heavy (non-hydrogen) atoms. The van der Waals surface area contributed by atoms with Gasteiger partial charge in [0, 0.05) is 18.4 Å². The van der Waals surface area contributed by atoms with Gasteiger partial charge in [0.2, 0.25) is 0 Å². The van der Waals surface area contributed by atoms with Crippen LogP contribution in [-0.2, 0) is 19.0 Å². The van der Waals surface area contributed by atoms with E-state index in [2.05, 4.69) is 20.6 Å². The summed E-state index contributed by atoms with van der Waals surface area (Å²) in [7, 11) is 1.23. The molecule has 10 nitrogen and oxygen atoms in total. The number of carbonyl (C=O) groups is 1. The number of methoxy groups -OCH3 is 1. The molecule has 12 heteroatoms. The topological polar surface area (TPSA) is 125 Å². The largest absolute Gasteiger partial charge is 0.366 e. The SMILES string of the molecule is COC(O)OC(C)OC(O)C(C)N1C(=O)/C(=N\NC(=S)Nc2ccccc2)c2cc(F)ccc21. The van der Waals surface area contributed by atoms with Crippen molar-refractivity contribution in [2.45, 2.75) is 38.9 Å². The number of nitrogens with zero attached hydrogens (tertiary/aromatic N) is 2. The predicted molar refractivity (Wildman–Crippen MR) is 126 cm³/mol. The van der Waals surface area contributed by atoms with Crippen LogP contribution in [0.1, 0.15) is 19.4 Å². The Kier molecular flexibility index (Phi) is 8.61. The number of carbonyl (C=O) groups excluding carboxylic acids is 1. The molecule has 4 unspecified atom stereocenters. The molecule has 2 aromatic rings. The molecule has 0 aromatic heterocycles. The number of amides is 1. The molecular weight excluding hydrogens is 467 g/mol. The highest BCUT2D eigenvalue weighted by Gasteiger charge is 2.40. The molecule has 1 amide bonds. The Morgan fingerprint density at radius 1 is 1.15 bits per heavy atom. The van der Waals surface area contributed by atoms with Gasteiger partial charge in [-0.1, -0.05) is 18.2 Å². The summed E-state index contributed by atoms with van der Waals surface area (Å²) in [5, 5.41) is 27.0. The molecule has 0 radical (unpaired) electrons. The molecule has 0 fully saturated rings. The summed E-state index contributed by atoms with van der Waals surface area (Å²) in [6.45, 7) is 1.42. The number of rotatable bonds is 9. The van der Waals surface area contributed by atoms with Crippen molar-refractivity contribution in [1.29, 1.82) is 0 Å². The van der Waals surface area contributed by atoms with Crippen LogP contribution >= 0.6 is 12.2 Å². The minimum Gasteiger partial charge on any atom is -0.366 e. The molecule has 1 heterocycles. The molecule has 4 atom stereocenters. The van der Waals surface area contributed by atoms with Crippen LogP contribution in [0.15, 0.2) is 53.6 Å². The first-order valence-electron chi connectivity index (χ1n) is 10.2. The van der Waals surface area contributed by atoms with Gasteiger partial charge in [-0.2, -0.15) is 5.10 Å². The van der Waals surface area contributed by atoms with Gasteiger partial charge in [0.25, 0.3) is 12.4 Å². The van der Waals surface area contributed by atoms with Crippen LogP contribution in [0.5, 0.6) is 0 Å². The van der Waals surface area contributed by atoms with Gasteiger partial charge in [0.1, 0.15) is 5.82 Å². The highest BCUT2D eigenvalue weighted by molar-refractivity contribution is 7.80. The molecule has 0 aliphatic carbocycles. The van der Waals surface area contributed by atoms with Crippen molar-refractivity contribution in [3.63, 3.8) is 0 Å². The Morgan fingerprint density at radius 2 is 1.85 bits per heavy atom. The van der Waals surface area contributed by atoms with Gasteiger partial charge >= 0.3 is 0 Å². The van der Waals surface area contributed by atoms with Crippen molar-refractivity contribution in [1.82, 2.24) is 5.43 Å². The number of aliphatic hydroxyl groups is 2. The van der Waals surface area contributed by atoms with Gasteiger partial charge in [-0.25, -0.2) is 4.39 Å². The number of hydrazone groups is 1. The van der Waals surface area contributed by atoms with Gasteiger partial charge in [-0.15, -0.1) is 0 Å². The Balaban J connectivity index is 1.78. The summed E-state index contributed by atoms with van der Waals surface area (Å²) in [6.07, 6.45) is -2.58. The van der Waals surface area contributed by atoms with E-state index in [4.69, 9.17) is 21.7 Å². The van der Waals surface area contributed by atoms with E-state index in [0.29, 0.717) is 5.69 Å². The maximum Gasteiger partial charge on any atom is 0.279 e. The summed E-state index contributed by atoms with van der Waals surface area (Å²) < 4.78 is 28.9. The molecule has 1 aliphatic rings. The number of para-hydroxylation sites is 1. The molecule has 3 rings (SSSR count). The minimum atomic E-state index is -1.55. The first-order chi connectivity index (χ1) is 16.2. The van der Waals surface area contributed by atoms with Gasteiger partial charge in [-0.3, -0.25) is 15.1 Å². The Morgan fingerprint density at radius 3 is 2.53 bits per heavy atom. The second kappa shape index (κ2) is 11.4. The summed E-state index contributed by atoms with van der Waals surface area (Å²) in [6, 6.07) is 11.9. The number of nitrogens with one attached hydrogen (secondary N) is 2. The number of fused-ring (bicyclic) bond motifs is 1. The maximum absolute atomic E-state index is 14.0. The van der Waals surface area contributed by atoms with E-state index < -0.39 is 36.8 Å². The van der Waals surface area contributed by atoms with Crippen molar-refractivity contribution >= 4 is 40.3 Å². The molecule has 0 saturated carbocycles. The van der Waals surface area contributed by atoms with E-state index in [9.17, 15) is 19.4 Å². The first kappa shape index (κ1) is 25.6. The van der Waals surface area contributed by atoms with E-state index in [-0.39, 0.29) is 16.4 Å². The zero-order valence-corrected chi connectivity index (χ0v) is 19.5. The van der Waals surface area contributed by atoms with E-state index >= 15 is 0 Å². The fourth-order valence-electron chi connectivity index (χ4n) is 3.24. The number of hydrogen-bond donors (Lipinski definition) is 4. The van der Waals surface area contributed by atoms with Crippen LogP contribution in [0, 0.1) is 5.82 Å². The van der Waals surface area contributed by atoms with Crippen molar-refractivity contribution < 1.29 is 33.6 Å². The van der Waals surface area contributed by atoms with E-state index in [0.717, 1.165) is 5.69 Å². The Labute approximate surface area is 200 Å². The third-order valence-corrected chi connectivity index (χ3v) is 5.05. The maximum atomic E-state index is 14.0. The lowest BCUT2D eigenvalue weighted by molar-refractivity contribution is -0.334. The normalized spacial score (nSPS) is 17.8. The molecule has 0 spiro atoms. The van der Waals surface area contributed by atoms with Crippen LogP contribution in [0.3, 0.4) is 0 Å². The van der Waals surface area contributed by atoms with Crippen LogP contribution in [0.4, 0.5) is 15.8 Å². The lowest BCUT2D eigenvalue weighted by Crippen LogP contribution is -2.47. The summed E-state index contributed by atoms with van der Waals surface area (Å²) in [5.41, 5.74) is 3.77. The highest BCUT2D eigenvalue weighted by Crippen LogP contribution is 2.32. The fourth-order valence-corrected chi connectivity index (χ4v) is 3.40. The lowest BCUT2D eigenvalue weighted by atomic mass is 10.1. The predicted octanol–water partition coefficient (Wildman–Crippen LogP) is 1.87. The van der Waals surface area contributed by atoms with Gasteiger partial charge in [0.05, 0.1) is 11.7 Å². The minimum absolute atomic E-state index is 0.0927. The van der Waals surface area contributed by atoms with Crippen molar-refractivity contribution in [3.05, 3.63) is 59.9 Å². The Hall–Kier alpha value is -3.00. The van der Waals surface area contributed by atoms with Gasteiger partial charge < -0.3 is 29.7 Å². The van der Waals surface area contributed by atoms with Crippen molar-refractivity contribution in [2.75, 3.05) is 17.3 Å². The summed E-state index contributed by atoms with van der Waals surface area (Å²) >= 11 is 5.22.